The predicted octanol–water partition coefficient (Wildman–Crippen LogP) is 2.08. The van der Waals surface area contributed by atoms with Gasteiger partial charge in [-0.15, -0.1) is 0 Å². The maximum Gasteiger partial charge on any atom is 0.417 e. The molecule has 4 N–H and O–H groups in total. The van der Waals surface area contributed by atoms with Crippen molar-refractivity contribution in [2.45, 2.75) is 6.54 Å². The Labute approximate surface area is 95.8 Å². The fourth-order valence-corrected chi connectivity index (χ4v) is 1.29. The summed E-state index contributed by atoms with van der Waals surface area (Å²) in [6.07, 6.45) is -3.13. The van der Waals surface area contributed by atoms with Crippen LogP contribution in [0.5, 0.6) is 0 Å². The molecule has 1 aromatic carbocycles. The SMILES string of the molecule is Nc1cccc(CN(C(=O)O)C(=O)O)c1Cl. The summed E-state index contributed by atoms with van der Waals surface area (Å²) in [7, 11) is 0. The molecule has 0 aliphatic heterocycles. The van der Waals surface area contributed by atoms with E-state index >= 15 is 0 Å². The van der Waals surface area contributed by atoms with Crippen molar-refractivity contribution in [2.24, 2.45) is 0 Å². The Balaban J connectivity index is 2.98. The van der Waals surface area contributed by atoms with E-state index in [1.165, 1.54) is 12.1 Å². The van der Waals surface area contributed by atoms with Crippen LogP contribution in [0.2, 0.25) is 5.02 Å². The minimum Gasteiger partial charge on any atom is -0.465 e. The van der Waals surface area contributed by atoms with Crippen molar-refractivity contribution in [1.29, 1.82) is 0 Å². The number of carbonyl (C=O) groups is 2. The molecule has 0 aliphatic carbocycles. The van der Waals surface area contributed by atoms with Gasteiger partial charge < -0.3 is 15.9 Å². The highest BCUT2D eigenvalue weighted by atomic mass is 35.5. The largest absolute Gasteiger partial charge is 0.465 e. The smallest absolute Gasteiger partial charge is 0.417 e. The van der Waals surface area contributed by atoms with Crippen molar-refractivity contribution in [3.63, 3.8) is 0 Å². The van der Waals surface area contributed by atoms with E-state index in [1.807, 2.05) is 0 Å². The zero-order chi connectivity index (χ0) is 12.3. The number of benzene rings is 1. The molecule has 0 radical (unpaired) electrons. The number of nitrogens with two attached hydrogens (primary N) is 1. The van der Waals surface area contributed by atoms with Crippen LogP contribution in [0.4, 0.5) is 15.3 Å². The van der Waals surface area contributed by atoms with Gasteiger partial charge in [-0.25, -0.2) is 14.5 Å². The predicted molar refractivity (Wildman–Crippen MR) is 57.5 cm³/mol. The van der Waals surface area contributed by atoms with E-state index in [0.29, 0.717) is 5.56 Å². The van der Waals surface area contributed by atoms with Gasteiger partial charge in [0.15, 0.2) is 0 Å². The van der Waals surface area contributed by atoms with Gasteiger partial charge in [-0.3, -0.25) is 0 Å². The molecule has 7 heteroatoms. The summed E-state index contributed by atoms with van der Waals surface area (Å²) in [5, 5.41) is 17.4. The minimum absolute atomic E-state index is 0.162. The molecule has 1 aromatic rings. The molecular formula is C9H9ClN2O4. The number of rotatable bonds is 2. The van der Waals surface area contributed by atoms with Gasteiger partial charge in [0.25, 0.3) is 0 Å². The van der Waals surface area contributed by atoms with Gasteiger partial charge in [-0.05, 0) is 11.6 Å². The van der Waals surface area contributed by atoms with Crippen LogP contribution in [-0.2, 0) is 6.54 Å². The van der Waals surface area contributed by atoms with Gasteiger partial charge in [0, 0.05) is 0 Å². The number of hydrogen-bond acceptors (Lipinski definition) is 3. The average molecular weight is 245 g/mol. The van der Waals surface area contributed by atoms with Crippen LogP contribution in [0.25, 0.3) is 0 Å². The number of imide groups is 1. The molecule has 0 fully saturated rings. The molecule has 0 saturated heterocycles. The summed E-state index contributed by atoms with van der Waals surface area (Å²) < 4.78 is 0. The van der Waals surface area contributed by atoms with Crippen LogP contribution in [0.1, 0.15) is 5.56 Å². The van der Waals surface area contributed by atoms with Crippen LogP contribution in [0.3, 0.4) is 0 Å². The second-order valence-electron chi connectivity index (χ2n) is 2.97. The number of nitrogen functional groups attached to an aromatic ring is 1. The van der Waals surface area contributed by atoms with E-state index in [4.69, 9.17) is 27.5 Å². The first-order valence-corrected chi connectivity index (χ1v) is 4.57. The number of nitrogens with zero attached hydrogens (tertiary/aromatic N) is 1. The number of hydrogen-bond donors (Lipinski definition) is 3. The Bertz CT molecular complexity index is 422. The molecule has 2 amide bonds. The second-order valence-corrected chi connectivity index (χ2v) is 3.35. The third kappa shape index (κ3) is 2.54. The van der Waals surface area contributed by atoms with Crippen LogP contribution < -0.4 is 5.73 Å². The summed E-state index contributed by atoms with van der Waals surface area (Å²) in [6.45, 7) is -0.353. The highest BCUT2D eigenvalue weighted by molar-refractivity contribution is 6.33. The number of carboxylic acid groups (broad SMARTS) is 2. The maximum atomic E-state index is 10.6. The van der Waals surface area contributed by atoms with Crippen LogP contribution in [0.15, 0.2) is 18.2 Å². The van der Waals surface area contributed by atoms with Crippen LogP contribution in [-0.4, -0.2) is 27.3 Å². The Hall–Kier alpha value is -1.95. The number of halogens is 1. The Morgan fingerprint density at radius 1 is 1.31 bits per heavy atom. The van der Waals surface area contributed by atoms with Crippen molar-refractivity contribution in [1.82, 2.24) is 4.90 Å². The molecular weight excluding hydrogens is 236 g/mol. The topological polar surface area (TPSA) is 104 Å². The normalized spacial score (nSPS) is 9.81. The van der Waals surface area contributed by atoms with E-state index in [0.717, 1.165) is 0 Å². The van der Waals surface area contributed by atoms with Crippen LogP contribution in [0, 0.1) is 0 Å². The Kier molecular flexibility index (Phi) is 3.57. The third-order valence-corrected chi connectivity index (χ3v) is 2.36. The lowest BCUT2D eigenvalue weighted by molar-refractivity contribution is 0.120. The number of anilines is 1. The van der Waals surface area contributed by atoms with Gasteiger partial charge in [-0.2, -0.15) is 0 Å². The van der Waals surface area contributed by atoms with Crippen molar-refractivity contribution in [3.05, 3.63) is 28.8 Å². The molecule has 0 saturated carbocycles. The monoisotopic (exact) mass is 244 g/mol. The first-order chi connectivity index (χ1) is 7.43. The van der Waals surface area contributed by atoms with Crippen molar-refractivity contribution in [3.8, 4) is 0 Å². The second kappa shape index (κ2) is 4.71. The third-order valence-electron chi connectivity index (χ3n) is 1.90. The molecule has 0 spiro atoms. The van der Waals surface area contributed by atoms with Gasteiger partial charge in [-0.1, -0.05) is 23.7 Å². The van der Waals surface area contributed by atoms with E-state index < -0.39 is 12.2 Å². The summed E-state index contributed by atoms with van der Waals surface area (Å²) in [6, 6.07) is 4.62. The van der Waals surface area contributed by atoms with E-state index in [-0.39, 0.29) is 22.2 Å². The fourth-order valence-electron chi connectivity index (χ4n) is 1.11. The first-order valence-electron chi connectivity index (χ1n) is 4.19. The summed E-state index contributed by atoms with van der Waals surface area (Å²) in [5.74, 6) is 0. The maximum absolute atomic E-state index is 10.6. The van der Waals surface area contributed by atoms with Crippen molar-refractivity contribution < 1.29 is 19.8 Å². The lowest BCUT2D eigenvalue weighted by Gasteiger charge is -2.14. The molecule has 0 heterocycles. The molecule has 6 nitrogen and oxygen atoms in total. The molecule has 0 unspecified atom stereocenters. The molecule has 1 rings (SSSR count). The van der Waals surface area contributed by atoms with Crippen molar-refractivity contribution >= 4 is 29.5 Å². The molecule has 86 valence electrons. The van der Waals surface area contributed by atoms with Crippen LogP contribution >= 0.6 is 11.6 Å². The lowest BCUT2D eigenvalue weighted by atomic mass is 10.2. The van der Waals surface area contributed by atoms with Crippen molar-refractivity contribution in [2.75, 3.05) is 5.73 Å². The highest BCUT2D eigenvalue weighted by Gasteiger charge is 2.21. The van der Waals surface area contributed by atoms with E-state index in [1.54, 1.807) is 6.07 Å². The Morgan fingerprint density at radius 2 is 1.88 bits per heavy atom. The number of amides is 2. The van der Waals surface area contributed by atoms with Gasteiger partial charge in [0.05, 0.1) is 17.3 Å². The van der Waals surface area contributed by atoms with E-state index in [2.05, 4.69) is 0 Å². The average Bonchev–Trinajstić information content (AvgIpc) is 2.19. The molecule has 16 heavy (non-hydrogen) atoms. The zero-order valence-electron chi connectivity index (χ0n) is 8.05. The lowest BCUT2D eigenvalue weighted by Crippen LogP contribution is -2.33. The molecule has 0 aliphatic rings. The minimum atomic E-state index is -1.56. The summed E-state index contributed by atoms with van der Waals surface area (Å²) in [5.41, 5.74) is 6.12. The van der Waals surface area contributed by atoms with Gasteiger partial charge >= 0.3 is 12.2 Å². The Morgan fingerprint density at radius 3 is 2.38 bits per heavy atom. The van der Waals surface area contributed by atoms with Gasteiger partial charge in [0.2, 0.25) is 0 Å². The fraction of sp³-hybridized carbons (Fsp3) is 0.111. The molecule has 0 bridgehead atoms. The standard InChI is InChI=1S/C9H9ClN2O4/c10-7-5(2-1-3-6(7)11)4-12(8(13)14)9(15)16/h1-3H,4,11H2,(H,13,14)(H,15,16). The van der Waals surface area contributed by atoms with E-state index in [9.17, 15) is 9.59 Å². The summed E-state index contributed by atoms with van der Waals surface area (Å²) >= 11 is 5.81. The first kappa shape index (κ1) is 12.1. The van der Waals surface area contributed by atoms with Gasteiger partial charge in [0.1, 0.15) is 0 Å². The molecule has 0 atom stereocenters. The summed E-state index contributed by atoms with van der Waals surface area (Å²) in [4.78, 5) is 21.4. The quantitative estimate of drug-likeness (QED) is 0.691. The molecule has 0 aromatic heterocycles. The highest BCUT2D eigenvalue weighted by Crippen LogP contribution is 2.24. The zero-order valence-corrected chi connectivity index (χ0v) is 8.81.